The molecule has 0 aliphatic carbocycles. The minimum absolute atomic E-state index is 0.0242. The Morgan fingerprint density at radius 3 is 2.92 bits per heavy atom. The fraction of sp³-hybridized carbons (Fsp3) is 0.471. The van der Waals surface area contributed by atoms with Gasteiger partial charge in [-0.2, -0.15) is 0 Å². The van der Waals surface area contributed by atoms with Crippen LogP contribution in [0.2, 0.25) is 0 Å². The van der Waals surface area contributed by atoms with Crippen LogP contribution in [-0.2, 0) is 16.1 Å². The second kappa shape index (κ2) is 7.52. The topological polar surface area (TPSA) is 113 Å². The molecule has 1 aliphatic heterocycles. The Morgan fingerprint density at radius 2 is 2.16 bits per heavy atom. The van der Waals surface area contributed by atoms with Crippen molar-refractivity contribution < 1.29 is 14.7 Å². The Hall–Kier alpha value is -2.61. The molecule has 0 saturated carbocycles. The zero-order chi connectivity index (χ0) is 17.8. The largest absolute Gasteiger partial charge is 0.395 e. The number of aromatic nitrogens is 2. The van der Waals surface area contributed by atoms with E-state index < -0.39 is 0 Å². The van der Waals surface area contributed by atoms with Crippen molar-refractivity contribution in [1.29, 1.82) is 0 Å². The molecular formula is C17H23N5O3. The fourth-order valence-electron chi connectivity index (χ4n) is 3.21. The number of nitrogens with zero attached hydrogens (tertiary/aromatic N) is 3. The maximum absolute atomic E-state index is 12.8. The normalized spacial score (nSPS) is 17.6. The number of nitrogens with two attached hydrogens (primary N) is 1. The molecule has 4 N–H and O–H groups in total. The summed E-state index contributed by atoms with van der Waals surface area (Å²) >= 11 is 0. The van der Waals surface area contributed by atoms with Crippen molar-refractivity contribution in [3.8, 4) is 0 Å². The van der Waals surface area contributed by atoms with Crippen molar-refractivity contribution in [3.05, 3.63) is 24.3 Å². The summed E-state index contributed by atoms with van der Waals surface area (Å²) in [6.07, 6.45) is 1.51. The third-order valence-electron chi connectivity index (χ3n) is 4.52. The van der Waals surface area contributed by atoms with Crippen LogP contribution >= 0.6 is 0 Å². The number of piperidine rings is 1. The Labute approximate surface area is 145 Å². The van der Waals surface area contributed by atoms with Crippen LogP contribution in [0.4, 0.5) is 5.95 Å². The second-order valence-corrected chi connectivity index (χ2v) is 6.24. The Balaban J connectivity index is 1.81. The van der Waals surface area contributed by atoms with Gasteiger partial charge in [-0.05, 0) is 25.0 Å². The number of benzene rings is 1. The van der Waals surface area contributed by atoms with Gasteiger partial charge in [-0.15, -0.1) is 0 Å². The van der Waals surface area contributed by atoms with Crippen LogP contribution in [0, 0.1) is 5.92 Å². The van der Waals surface area contributed by atoms with Gasteiger partial charge in [-0.1, -0.05) is 12.1 Å². The van der Waals surface area contributed by atoms with Crippen LogP contribution in [0.1, 0.15) is 12.8 Å². The van der Waals surface area contributed by atoms with Crippen LogP contribution < -0.4 is 11.1 Å². The molecule has 1 atom stereocenters. The second-order valence-electron chi connectivity index (χ2n) is 6.24. The smallest absolute Gasteiger partial charge is 0.242 e. The third kappa shape index (κ3) is 3.74. The molecule has 1 fully saturated rings. The van der Waals surface area contributed by atoms with Gasteiger partial charge >= 0.3 is 0 Å². The lowest BCUT2D eigenvalue weighted by Gasteiger charge is -2.31. The maximum Gasteiger partial charge on any atom is 0.242 e. The number of para-hydroxylation sites is 2. The highest BCUT2D eigenvalue weighted by Crippen LogP contribution is 2.21. The molecule has 2 aromatic rings. The number of imidazole rings is 1. The highest BCUT2D eigenvalue weighted by molar-refractivity contribution is 5.84. The van der Waals surface area contributed by atoms with Crippen LogP contribution in [0.3, 0.4) is 0 Å². The predicted octanol–water partition coefficient (Wildman–Crippen LogP) is 0.164. The molecule has 1 saturated heterocycles. The quantitative estimate of drug-likeness (QED) is 0.690. The molecule has 2 heterocycles. The summed E-state index contributed by atoms with van der Waals surface area (Å²) in [4.78, 5) is 30.4. The number of aliphatic hydroxyl groups excluding tert-OH is 1. The van der Waals surface area contributed by atoms with Gasteiger partial charge in [0.25, 0.3) is 0 Å². The van der Waals surface area contributed by atoms with E-state index in [1.807, 2.05) is 24.3 Å². The SMILES string of the molecule is NC(=O)C1CCCN(C(=O)Cn2c(NCCO)nc3ccccc32)C1. The van der Waals surface area contributed by atoms with E-state index in [0.29, 0.717) is 25.6 Å². The molecule has 25 heavy (non-hydrogen) atoms. The summed E-state index contributed by atoms with van der Waals surface area (Å²) in [6, 6.07) is 7.57. The highest BCUT2D eigenvalue weighted by atomic mass is 16.3. The molecule has 8 nitrogen and oxygen atoms in total. The van der Waals surface area contributed by atoms with Crippen LogP contribution in [0.5, 0.6) is 0 Å². The van der Waals surface area contributed by atoms with Gasteiger partial charge in [-0.25, -0.2) is 4.98 Å². The van der Waals surface area contributed by atoms with E-state index in [0.717, 1.165) is 23.9 Å². The molecule has 0 radical (unpaired) electrons. The molecule has 0 bridgehead atoms. The molecule has 1 aromatic heterocycles. The summed E-state index contributed by atoms with van der Waals surface area (Å²) in [5.41, 5.74) is 7.02. The number of amides is 2. The first kappa shape index (κ1) is 17.2. The van der Waals surface area contributed by atoms with E-state index in [4.69, 9.17) is 10.8 Å². The number of nitrogens with one attached hydrogen (secondary N) is 1. The van der Waals surface area contributed by atoms with Crippen molar-refractivity contribution >= 4 is 28.8 Å². The van der Waals surface area contributed by atoms with Crippen molar-refractivity contribution in [2.45, 2.75) is 19.4 Å². The van der Waals surface area contributed by atoms with E-state index in [9.17, 15) is 9.59 Å². The number of hydrogen-bond acceptors (Lipinski definition) is 5. The average Bonchev–Trinajstić information content (AvgIpc) is 2.97. The van der Waals surface area contributed by atoms with Crippen LogP contribution in [-0.4, -0.2) is 57.6 Å². The molecule has 0 spiro atoms. The zero-order valence-corrected chi connectivity index (χ0v) is 14.0. The summed E-state index contributed by atoms with van der Waals surface area (Å²) in [7, 11) is 0. The maximum atomic E-state index is 12.8. The first-order valence-electron chi connectivity index (χ1n) is 8.47. The van der Waals surface area contributed by atoms with Gasteiger partial charge in [0.05, 0.1) is 23.6 Å². The molecule has 3 rings (SSSR count). The number of primary amides is 1. The van der Waals surface area contributed by atoms with Gasteiger partial charge in [0.1, 0.15) is 6.54 Å². The number of anilines is 1. The van der Waals surface area contributed by atoms with E-state index >= 15 is 0 Å². The molecule has 134 valence electrons. The molecule has 2 amide bonds. The van der Waals surface area contributed by atoms with Crippen LogP contribution in [0.15, 0.2) is 24.3 Å². The molecular weight excluding hydrogens is 322 g/mol. The number of aliphatic hydroxyl groups is 1. The van der Waals surface area contributed by atoms with E-state index in [-0.39, 0.29) is 30.9 Å². The molecule has 1 aliphatic rings. The number of hydrogen-bond donors (Lipinski definition) is 3. The average molecular weight is 345 g/mol. The number of likely N-dealkylation sites (tertiary alicyclic amines) is 1. The Morgan fingerprint density at radius 1 is 1.36 bits per heavy atom. The summed E-state index contributed by atoms with van der Waals surface area (Å²) < 4.78 is 1.81. The van der Waals surface area contributed by atoms with Crippen molar-refractivity contribution in [2.75, 3.05) is 31.6 Å². The third-order valence-corrected chi connectivity index (χ3v) is 4.52. The summed E-state index contributed by atoms with van der Waals surface area (Å²) in [5.74, 6) is -0.145. The standard InChI is InChI=1S/C17H23N5O3/c18-16(25)12-4-3-8-21(10-12)15(24)11-22-14-6-2-1-5-13(14)20-17(22)19-7-9-23/h1-2,5-6,12,23H,3-4,7-11H2,(H2,18,25)(H,19,20). The monoisotopic (exact) mass is 345 g/mol. The van der Waals surface area contributed by atoms with Gasteiger partial charge in [0.15, 0.2) is 0 Å². The minimum Gasteiger partial charge on any atom is -0.395 e. The summed E-state index contributed by atoms with van der Waals surface area (Å²) in [5, 5.41) is 12.1. The fourth-order valence-corrected chi connectivity index (χ4v) is 3.21. The lowest BCUT2D eigenvalue weighted by atomic mass is 9.97. The van der Waals surface area contributed by atoms with Crippen LogP contribution in [0.25, 0.3) is 11.0 Å². The first-order chi connectivity index (χ1) is 12.1. The van der Waals surface area contributed by atoms with Crippen molar-refractivity contribution in [2.24, 2.45) is 11.7 Å². The number of rotatable bonds is 6. The van der Waals surface area contributed by atoms with Crippen molar-refractivity contribution in [3.63, 3.8) is 0 Å². The van der Waals surface area contributed by atoms with E-state index in [1.165, 1.54) is 0 Å². The first-order valence-corrected chi connectivity index (χ1v) is 8.47. The lowest BCUT2D eigenvalue weighted by Crippen LogP contribution is -2.45. The lowest BCUT2D eigenvalue weighted by molar-refractivity contribution is -0.135. The van der Waals surface area contributed by atoms with E-state index in [1.54, 1.807) is 9.47 Å². The number of carbonyl (C=O) groups is 2. The van der Waals surface area contributed by atoms with Gasteiger partial charge < -0.3 is 25.6 Å². The zero-order valence-electron chi connectivity index (χ0n) is 14.0. The predicted molar refractivity (Wildman–Crippen MR) is 93.8 cm³/mol. The molecule has 8 heteroatoms. The van der Waals surface area contributed by atoms with E-state index in [2.05, 4.69) is 10.3 Å². The number of fused-ring (bicyclic) bond motifs is 1. The minimum atomic E-state index is -0.351. The Bertz CT molecular complexity index is 773. The van der Waals surface area contributed by atoms with Gasteiger partial charge in [0, 0.05) is 19.6 Å². The van der Waals surface area contributed by atoms with Crippen molar-refractivity contribution in [1.82, 2.24) is 14.5 Å². The van der Waals surface area contributed by atoms with Gasteiger partial charge in [0.2, 0.25) is 17.8 Å². The number of carbonyl (C=O) groups excluding carboxylic acids is 2. The Kier molecular flexibility index (Phi) is 5.18. The van der Waals surface area contributed by atoms with Gasteiger partial charge in [-0.3, -0.25) is 9.59 Å². The molecule has 1 unspecified atom stereocenters. The highest BCUT2D eigenvalue weighted by Gasteiger charge is 2.27. The molecule has 1 aromatic carbocycles. The summed E-state index contributed by atoms with van der Waals surface area (Å²) in [6.45, 7) is 1.46.